The number of rotatable bonds is 5. The molecule has 1 atom stereocenters. The minimum absolute atomic E-state index is 0.0619. The van der Waals surface area contributed by atoms with Crippen LogP contribution in [-0.4, -0.2) is 31.0 Å². The number of nitrogens with one attached hydrogen (secondary N) is 1. The molecule has 0 aliphatic heterocycles. The van der Waals surface area contributed by atoms with Gasteiger partial charge in [0.15, 0.2) is 9.84 Å². The van der Waals surface area contributed by atoms with Gasteiger partial charge in [-0.25, -0.2) is 8.42 Å². The lowest BCUT2D eigenvalue weighted by Crippen LogP contribution is -2.43. The lowest BCUT2D eigenvalue weighted by molar-refractivity contribution is 0.210. The summed E-state index contributed by atoms with van der Waals surface area (Å²) in [6.07, 6.45) is 0.714. The zero-order valence-electron chi connectivity index (χ0n) is 14.9. The molecule has 4 heteroatoms. The maximum absolute atomic E-state index is 12.3. The summed E-state index contributed by atoms with van der Waals surface area (Å²) < 4.78 is 23.9. The Labute approximate surface area is 126 Å². The number of sulfone groups is 1. The van der Waals surface area contributed by atoms with Crippen molar-refractivity contribution in [3.63, 3.8) is 0 Å². The third kappa shape index (κ3) is 7.07. The predicted octanol–water partition coefficient (Wildman–Crippen LogP) is 3.64. The van der Waals surface area contributed by atoms with Gasteiger partial charge in [0, 0.05) is 5.54 Å². The molecule has 0 aromatic carbocycles. The summed E-state index contributed by atoms with van der Waals surface area (Å²) in [5.41, 5.74) is 0.165. The van der Waals surface area contributed by atoms with E-state index in [4.69, 9.17) is 0 Å². The number of hydrogen-bond acceptors (Lipinski definition) is 3. The highest BCUT2D eigenvalue weighted by Crippen LogP contribution is 2.30. The van der Waals surface area contributed by atoms with Crippen molar-refractivity contribution in [1.29, 1.82) is 0 Å². The van der Waals surface area contributed by atoms with E-state index in [2.05, 4.69) is 46.9 Å². The van der Waals surface area contributed by atoms with Gasteiger partial charge in [-0.3, -0.25) is 0 Å². The third-order valence-corrected chi connectivity index (χ3v) is 6.41. The highest BCUT2D eigenvalue weighted by Gasteiger charge is 2.32. The SMILES string of the molecule is CC(C)(C)NCC(CCS(=O)(=O)C(C)(C)C)C(C)(C)C. The Bertz CT molecular complexity index is 392. The molecule has 0 radical (unpaired) electrons. The second-order valence-corrected chi connectivity index (χ2v) is 11.8. The summed E-state index contributed by atoms with van der Waals surface area (Å²) in [6.45, 7) is 19.2. The van der Waals surface area contributed by atoms with Crippen molar-refractivity contribution >= 4 is 9.84 Å². The van der Waals surface area contributed by atoms with Crippen molar-refractivity contribution in [1.82, 2.24) is 5.32 Å². The Morgan fingerprint density at radius 3 is 1.65 bits per heavy atom. The lowest BCUT2D eigenvalue weighted by Gasteiger charge is -2.34. The van der Waals surface area contributed by atoms with Crippen LogP contribution in [0, 0.1) is 11.3 Å². The van der Waals surface area contributed by atoms with Gasteiger partial charge in [-0.15, -0.1) is 0 Å². The van der Waals surface area contributed by atoms with Crippen LogP contribution in [-0.2, 0) is 9.84 Å². The van der Waals surface area contributed by atoms with Gasteiger partial charge in [-0.2, -0.15) is 0 Å². The van der Waals surface area contributed by atoms with Crippen LogP contribution < -0.4 is 5.32 Å². The molecule has 0 saturated heterocycles. The minimum atomic E-state index is -3.03. The number of hydrogen-bond donors (Lipinski definition) is 1. The summed E-state index contributed by atoms with van der Waals surface area (Å²) in [5, 5.41) is 3.51. The molecule has 20 heavy (non-hydrogen) atoms. The van der Waals surface area contributed by atoms with Crippen LogP contribution in [0.4, 0.5) is 0 Å². The van der Waals surface area contributed by atoms with E-state index < -0.39 is 14.6 Å². The molecule has 0 fully saturated rings. The summed E-state index contributed by atoms with van der Waals surface area (Å²) in [5.74, 6) is 0.614. The van der Waals surface area contributed by atoms with Crippen LogP contribution >= 0.6 is 0 Å². The largest absolute Gasteiger partial charge is 0.312 e. The fourth-order valence-corrected chi connectivity index (χ4v) is 3.08. The molecule has 0 aromatic rings. The van der Waals surface area contributed by atoms with Crippen molar-refractivity contribution < 1.29 is 8.42 Å². The van der Waals surface area contributed by atoms with Crippen molar-refractivity contribution in [2.75, 3.05) is 12.3 Å². The molecule has 3 nitrogen and oxygen atoms in total. The first-order valence-corrected chi connectivity index (χ1v) is 9.19. The predicted molar refractivity (Wildman–Crippen MR) is 88.9 cm³/mol. The van der Waals surface area contributed by atoms with Crippen molar-refractivity contribution in [3.8, 4) is 0 Å². The quantitative estimate of drug-likeness (QED) is 0.843. The molecule has 0 bridgehead atoms. The fraction of sp³-hybridized carbons (Fsp3) is 1.00. The van der Waals surface area contributed by atoms with Crippen LogP contribution in [0.2, 0.25) is 0 Å². The van der Waals surface area contributed by atoms with Gasteiger partial charge in [0.25, 0.3) is 0 Å². The molecule has 1 unspecified atom stereocenters. The Morgan fingerprint density at radius 2 is 1.35 bits per heavy atom. The van der Waals surface area contributed by atoms with Gasteiger partial charge < -0.3 is 5.32 Å². The summed E-state index contributed by atoms with van der Waals surface area (Å²) in [4.78, 5) is 0. The van der Waals surface area contributed by atoms with Crippen LogP contribution in [0.3, 0.4) is 0 Å². The van der Waals surface area contributed by atoms with E-state index in [9.17, 15) is 8.42 Å². The van der Waals surface area contributed by atoms with E-state index in [1.807, 2.05) is 0 Å². The molecule has 0 aliphatic rings. The first-order chi connectivity index (χ1) is 8.56. The second-order valence-electron chi connectivity index (χ2n) is 8.91. The van der Waals surface area contributed by atoms with E-state index in [-0.39, 0.29) is 16.7 Å². The van der Waals surface area contributed by atoms with Gasteiger partial charge in [-0.1, -0.05) is 20.8 Å². The molecular weight excluding hydrogens is 270 g/mol. The van der Waals surface area contributed by atoms with Crippen molar-refractivity contribution in [3.05, 3.63) is 0 Å². The Morgan fingerprint density at radius 1 is 0.900 bits per heavy atom. The molecule has 0 spiro atoms. The van der Waals surface area contributed by atoms with E-state index in [1.54, 1.807) is 20.8 Å². The van der Waals surface area contributed by atoms with E-state index in [1.165, 1.54) is 0 Å². The standard InChI is InChI=1S/C16H35NO2S/c1-14(2,3)13(12-17-15(4,5)6)10-11-20(18,19)16(7,8)9/h13,17H,10-12H2,1-9H3. The maximum atomic E-state index is 12.3. The smallest absolute Gasteiger partial charge is 0.155 e. The van der Waals surface area contributed by atoms with Gasteiger partial charge in [0.2, 0.25) is 0 Å². The van der Waals surface area contributed by atoms with Crippen LogP contribution in [0.25, 0.3) is 0 Å². The third-order valence-electron chi connectivity index (χ3n) is 3.77. The Kier molecular flexibility index (Phi) is 6.32. The van der Waals surface area contributed by atoms with Gasteiger partial charge in [0.05, 0.1) is 10.5 Å². The molecular formula is C16H35NO2S. The van der Waals surface area contributed by atoms with Gasteiger partial charge in [0.1, 0.15) is 0 Å². The molecule has 0 heterocycles. The monoisotopic (exact) mass is 305 g/mol. The Hall–Kier alpha value is -0.0900. The maximum Gasteiger partial charge on any atom is 0.155 e. The molecule has 0 aliphatic carbocycles. The molecule has 1 N–H and O–H groups in total. The summed E-state index contributed by atoms with van der Waals surface area (Å²) in [6, 6.07) is 0. The van der Waals surface area contributed by atoms with Crippen LogP contribution in [0.15, 0.2) is 0 Å². The highest BCUT2D eigenvalue weighted by atomic mass is 32.2. The van der Waals surface area contributed by atoms with E-state index in [0.29, 0.717) is 12.3 Å². The first-order valence-electron chi connectivity index (χ1n) is 7.53. The highest BCUT2D eigenvalue weighted by molar-refractivity contribution is 7.92. The van der Waals surface area contributed by atoms with Crippen molar-refractivity contribution in [2.24, 2.45) is 11.3 Å². The molecule has 0 saturated carbocycles. The van der Waals surface area contributed by atoms with Gasteiger partial charge in [-0.05, 0) is 65.8 Å². The Balaban J connectivity index is 4.79. The molecule has 0 aromatic heterocycles. The van der Waals surface area contributed by atoms with Crippen LogP contribution in [0.1, 0.15) is 68.7 Å². The zero-order valence-corrected chi connectivity index (χ0v) is 15.7. The summed E-state index contributed by atoms with van der Waals surface area (Å²) >= 11 is 0. The average Bonchev–Trinajstić information content (AvgIpc) is 2.11. The average molecular weight is 306 g/mol. The minimum Gasteiger partial charge on any atom is -0.312 e. The van der Waals surface area contributed by atoms with Crippen molar-refractivity contribution in [2.45, 2.75) is 79.0 Å². The lowest BCUT2D eigenvalue weighted by atomic mass is 9.79. The first kappa shape index (κ1) is 19.9. The van der Waals surface area contributed by atoms with Crippen LogP contribution in [0.5, 0.6) is 0 Å². The van der Waals surface area contributed by atoms with E-state index in [0.717, 1.165) is 6.54 Å². The second kappa shape index (κ2) is 6.35. The fourth-order valence-electron chi connectivity index (χ4n) is 1.87. The molecule has 122 valence electrons. The molecule has 0 amide bonds. The topological polar surface area (TPSA) is 46.2 Å². The van der Waals surface area contributed by atoms with E-state index >= 15 is 0 Å². The van der Waals surface area contributed by atoms with Gasteiger partial charge >= 0.3 is 0 Å². The molecule has 0 rings (SSSR count). The normalized spacial score (nSPS) is 16.2. The summed E-state index contributed by atoms with van der Waals surface area (Å²) in [7, 11) is -3.03. The zero-order chi connectivity index (χ0) is 16.4.